The summed E-state index contributed by atoms with van der Waals surface area (Å²) in [5, 5.41) is 15.5. The van der Waals surface area contributed by atoms with Gasteiger partial charge in [0.25, 0.3) is 5.70 Å². The van der Waals surface area contributed by atoms with Crippen LogP contribution in [0.4, 0.5) is 0 Å². The summed E-state index contributed by atoms with van der Waals surface area (Å²) in [7, 11) is 1.85. The summed E-state index contributed by atoms with van der Waals surface area (Å²) in [5.74, 6) is 0.921. The van der Waals surface area contributed by atoms with Crippen molar-refractivity contribution in [2.75, 3.05) is 25.9 Å². The molecule has 8 heteroatoms. The van der Waals surface area contributed by atoms with Crippen molar-refractivity contribution in [1.29, 1.82) is 0 Å². The average Bonchev–Trinajstić information content (AvgIpc) is 2.48. The number of aromatic nitrogens is 1. The van der Waals surface area contributed by atoms with Gasteiger partial charge in [0.2, 0.25) is 0 Å². The first kappa shape index (κ1) is 16.1. The predicted octanol–water partition coefficient (Wildman–Crippen LogP) is 2.34. The summed E-state index contributed by atoms with van der Waals surface area (Å²) >= 11 is 7.26. The van der Waals surface area contributed by atoms with Crippen LogP contribution in [0.3, 0.4) is 0 Å². The summed E-state index contributed by atoms with van der Waals surface area (Å²) in [6, 6.07) is 3.59. The Hall–Kier alpha value is -1.31. The lowest BCUT2D eigenvalue weighted by Crippen LogP contribution is -2.29. The second-order valence-electron chi connectivity index (χ2n) is 4.82. The zero-order chi connectivity index (χ0) is 15.2. The SMILES string of the molecule is CN(C/C(=C1/NCCCS1)[N+](=O)[O-])Cc1ccc(Cl)nc1. The molecule has 2 heterocycles. The van der Waals surface area contributed by atoms with Crippen LogP contribution in [0.2, 0.25) is 5.15 Å². The lowest BCUT2D eigenvalue weighted by Gasteiger charge is -2.19. The maximum Gasteiger partial charge on any atom is 0.289 e. The molecule has 1 aromatic rings. The van der Waals surface area contributed by atoms with E-state index in [1.54, 1.807) is 12.3 Å². The van der Waals surface area contributed by atoms with Gasteiger partial charge in [-0.2, -0.15) is 0 Å². The number of likely N-dealkylation sites (N-methyl/N-ethyl adjacent to an activating group) is 1. The van der Waals surface area contributed by atoms with E-state index in [9.17, 15) is 10.1 Å². The molecule has 0 unspecified atom stereocenters. The fourth-order valence-corrected chi connectivity index (χ4v) is 3.13. The van der Waals surface area contributed by atoms with Crippen LogP contribution in [0.25, 0.3) is 0 Å². The first-order valence-corrected chi connectivity index (χ1v) is 7.96. The second-order valence-corrected chi connectivity index (χ2v) is 6.32. The number of hydrogen-bond acceptors (Lipinski definition) is 6. The van der Waals surface area contributed by atoms with Crippen molar-refractivity contribution >= 4 is 23.4 Å². The molecule has 0 bridgehead atoms. The van der Waals surface area contributed by atoms with Gasteiger partial charge in [-0.15, -0.1) is 11.8 Å². The van der Waals surface area contributed by atoms with E-state index in [1.807, 2.05) is 18.0 Å². The standard InChI is InChI=1S/C13H17ClN4O2S/c1-17(8-10-3-4-12(14)16-7-10)9-11(18(19)20)13-15-5-2-6-21-13/h3-4,7,15H,2,5-6,8-9H2,1H3/b13-11+. The van der Waals surface area contributed by atoms with E-state index in [1.165, 1.54) is 11.8 Å². The number of nitrogens with one attached hydrogen (secondary N) is 1. The van der Waals surface area contributed by atoms with Gasteiger partial charge >= 0.3 is 0 Å². The molecule has 1 aliphatic rings. The third-order valence-electron chi connectivity index (χ3n) is 3.00. The zero-order valence-electron chi connectivity index (χ0n) is 11.7. The number of nitrogens with zero attached hydrogens (tertiary/aromatic N) is 3. The van der Waals surface area contributed by atoms with Crippen LogP contribution in [0.15, 0.2) is 29.1 Å². The quantitative estimate of drug-likeness (QED) is 0.508. The number of thioether (sulfide) groups is 1. The molecule has 0 amide bonds. The Kier molecular flexibility index (Phi) is 5.84. The van der Waals surface area contributed by atoms with E-state index in [-0.39, 0.29) is 17.2 Å². The van der Waals surface area contributed by atoms with E-state index in [2.05, 4.69) is 10.3 Å². The molecular formula is C13H17ClN4O2S. The molecule has 1 fully saturated rings. The van der Waals surface area contributed by atoms with E-state index in [0.717, 1.165) is 24.3 Å². The van der Waals surface area contributed by atoms with Crippen LogP contribution in [0, 0.1) is 10.1 Å². The first-order chi connectivity index (χ1) is 10.1. The molecule has 1 aliphatic heterocycles. The van der Waals surface area contributed by atoms with E-state index < -0.39 is 0 Å². The minimum atomic E-state index is -0.294. The van der Waals surface area contributed by atoms with Crippen molar-refractivity contribution in [1.82, 2.24) is 15.2 Å². The maximum absolute atomic E-state index is 11.3. The van der Waals surface area contributed by atoms with Crippen molar-refractivity contribution in [3.63, 3.8) is 0 Å². The molecule has 6 nitrogen and oxygen atoms in total. The number of pyridine rings is 1. The molecule has 0 radical (unpaired) electrons. The smallest absolute Gasteiger partial charge is 0.289 e. The zero-order valence-corrected chi connectivity index (χ0v) is 13.3. The highest BCUT2D eigenvalue weighted by Crippen LogP contribution is 2.22. The van der Waals surface area contributed by atoms with Gasteiger partial charge in [-0.25, -0.2) is 4.98 Å². The summed E-state index contributed by atoms with van der Waals surface area (Å²) in [6.45, 7) is 1.66. The highest BCUT2D eigenvalue weighted by Gasteiger charge is 2.22. The highest BCUT2D eigenvalue weighted by molar-refractivity contribution is 8.03. The molecule has 0 atom stereocenters. The maximum atomic E-state index is 11.3. The average molecular weight is 329 g/mol. The summed E-state index contributed by atoms with van der Waals surface area (Å²) in [6.07, 6.45) is 2.72. The largest absolute Gasteiger partial charge is 0.374 e. The Balaban J connectivity index is 2.03. The summed E-state index contributed by atoms with van der Waals surface area (Å²) in [5.41, 5.74) is 1.20. The molecule has 114 valence electrons. The van der Waals surface area contributed by atoms with Crippen molar-refractivity contribution < 1.29 is 4.92 Å². The summed E-state index contributed by atoms with van der Waals surface area (Å²) in [4.78, 5) is 16.9. The van der Waals surface area contributed by atoms with Gasteiger partial charge in [-0.1, -0.05) is 17.7 Å². The number of rotatable bonds is 5. The normalized spacial score (nSPS) is 17.5. The number of halogens is 1. The fraction of sp³-hybridized carbons (Fsp3) is 0.462. The van der Waals surface area contributed by atoms with Crippen LogP contribution >= 0.6 is 23.4 Å². The Morgan fingerprint density at radius 2 is 2.43 bits per heavy atom. The third kappa shape index (κ3) is 4.87. The molecule has 21 heavy (non-hydrogen) atoms. The Morgan fingerprint density at radius 3 is 3.00 bits per heavy atom. The Morgan fingerprint density at radius 1 is 1.62 bits per heavy atom. The van der Waals surface area contributed by atoms with Gasteiger partial charge in [0.15, 0.2) is 0 Å². The van der Waals surface area contributed by atoms with E-state index >= 15 is 0 Å². The Labute approximate surface area is 132 Å². The van der Waals surface area contributed by atoms with Crippen molar-refractivity contribution in [2.24, 2.45) is 0 Å². The van der Waals surface area contributed by atoms with Gasteiger partial charge in [-0.05, 0) is 25.1 Å². The van der Waals surface area contributed by atoms with E-state index in [0.29, 0.717) is 16.7 Å². The molecule has 1 N–H and O–H groups in total. The van der Waals surface area contributed by atoms with Gasteiger partial charge in [0.1, 0.15) is 10.2 Å². The lowest BCUT2D eigenvalue weighted by molar-refractivity contribution is -0.428. The monoisotopic (exact) mass is 328 g/mol. The first-order valence-electron chi connectivity index (χ1n) is 6.59. The molecule has 0 aliphatic carbocycles. The topological polar surface area (TPSA) is 71.3 Å². The van der Waals surface area contributed by atoms with Gasteiger partial charge in [-0.3, -0.25) is 15.0 Å². The van der Waals surface area contributed by atoms with Crippen LogP contribution in [0.1, 0.15) is 12.0 Å². The molecule has 1 aromatic heterocycles. The van der Waals surface area contributed by atoms with Crippen LogP contribution in [0.5, 0.6) is 0 Å². The van der Waals surface area contributed by atoms with Gasteiger partial charge in [0.05, 0.1) is 11.5 Å². The number of nitro groups is 1. The predicted molar refractivity (Wildman–Crippen MR) is 84.7 cm³/mol. The molecule has 1 saturated heterocycles. The highest BCUT2D eigenvalue weighted by atomic mass is 35.5. The van der Waals surface area contributed by atoms with E-state index in [4.69, 9.17) is 11.6 Å². The molecule has 0 aromatic carbocycles. The van der Waals surface area contributed by atoms with Crippen molar-refractivity contribution in [3.8, 4) is 0 Å². The van der Waals surface area contributed by atoms with Crippen molar-refractivity contribution in [2.45, 2.75) is 13.0 Å². The fourth-order valence-electron chi connectivity index (χ4n) is 2.02. The summed E-state index contributed by atoms with van der Waals surface area (Å²) < 4.78 is 0. The molecular weight excluding hydrogens is 312 g/mol. The molecule has 0 saturated carbocycles. The number of hydrogen-bond donors (Lipinski definition) is 1. The minimum absolute atomic E-state index is 0.226. The van der Waals surface area contributed by atoms with Gasteiger partial charge < -0.3 is 5.32 Å². The van der Waals surface area contributed by atoms with Crippen LogP contribution in [-0.2, 0) is 6.54 Å². The Bertz CT molecular complexity index is 527. The lowest BCUT2D eigenvalue weighted by atomic mass is 10.2. The van der Waals surface area contributed by atoms with Crippen molar-refractivity contribution in [3.05, 3.63) is 49.9 Å². The van der Waals surface area contributed by atoms with Crippen LogP contribution in [-0.4, -0.2) is 40.7 Å². The van der Waals surface area contributed by atoms with Crippen LogP contribution < -0.4 is 5.32 Å². The third-order valence-corrected chi connectivity index (χ3v) is 4.38. The molecule has 2 rings (SSSR count). The van der Waals surface area contributed by atoms with Gasteiger partial charge in [0, 0.05) is 25.0 Å². The minimum Gasteiger partial charge on any atom is -0.374 e. The molecule has 0 spiro atoms. The second kappa shape index (κ2) is 7.63.